The van der Waals surface area contributed by atoms with Gasteiger partial charge in [0.05, 0.1) is 13.2 Å². The molecule has 0 amide bonds. The van der Waals surface area contributed by atoms with Crippen molar-refractivity contribution < 1.29 is 4.74 Å². The zero-order valence-corrected chi connectivity index (χ0v) is 9.57. The molecule has 0 bridgehead atoms. The number of ether oxygens (including phenoxy) is 1. The highest BCUT2D eigenvalue weighted by atomic mass is 16.5. The lowest BCUT2D eigenvalue weighted by molar-refractivity contribution is 0.126. The Balaban J connectivity index is 1.98. The predicted octanol–water partition coefficient (Wildman–Crippen LogP) is 1.68. The summed E-state index contributed by atoms with van der Waals surface area (Å²) in [6.07, 6.45) is 0. The van der Waals surface area contributed by atoms with Crippen molar-refractivity contribution in [3.63, 3.8) is 0 Å². The van der Waals surface area contributed by atoms with Crippen molar-refractivity contribution >= 4 is 5.69 Å². The van der Waals surface area contributed by atoms with Gasteiger partial charge in [-0.15, -0.1) is 0 Å². The molecular formula is C12H20N2O. The second-order valence-electron chi connectivity index (χ2n) is 3.71. The van der Waals surface area contributed by atoms with Crippen LogP contribution < -0.4 is 5.32 Å². The second kappa shape index (κ2) is 7.26. The molecule has 1 aromatic carbocycles. The van der Waals surface area contributed by atoms with Crippen LogP contribution in [-0.2, 0) is 4.74 Å². The van der Waals surface area contributed by atoms with Crippen molar-refractivity contribution in [1.82, 2.24) is 4.90 Å². The number of benzene rings is 1. The van der Waals surface area contributed by atoms with Crippen LogP contribution in [0.25, 0.3) is 0 Å². The maximum atomic E-state index is 5.46. The third-order valence-electron chi connectivity index (χ3n) is 2.03. The third-order valence-corrected chi connectivity index (χ3v) is 2.03. The van der Waals surface area contributed by atoms with Crippen LogP contribution in [0.15, 0.2) is 30.3 Å². The van der Waals surface area contributed by atoms with Crippen LogP contribution in [0.2, 0.25) is 0 Å². The third kappa shape index (κ3) is 6.10. The van der Waals surface area contributed by atoms with Gasteiger partial charge in [-0.3, -0.25) is 0 Å². The first-order valence-electron chi connectivity index (χ1n) is 5.30. The number of anilines is 1. The fourth-order valence-electron chi connectivity index (χ4n) is 1.17. The minimum atomic E-state index is 0.753. The Morgan fingerprint density at radius 1 is 1.13 bits per heavy atom. The summed E-state index contributed by atoms with van der Waals surface area (Å²) in [5, 5.41) is 3.29. The molecule has 0 aromatic heterocycles. The van der Waals surface area contributed by atoms with Crippen LogP contribution in [0, 0.1) is 0 Å². The highest BCUT2D eigenvalue weighted by molar-refractivity contribution is 5.42. The molecule has 0 aliphatic carbocycles. The minimum absolute atomic E-state index is 0.753. The van der Waals surface area contributed by atoms with Gasteiger partial charge in [-0.25, -0.2) is 0 Å². The molecule has 1 N–H and O–H groups in total. The lowest BCUT2D eigenvalue weighted by Gasteiger charge is -2.10. The first kappa shape index (κ1) is 12.0. The Kier molecular flexibility index (Phi) is 5.81. The highest BCUT2D eigenvalue weighted by Gasteiger charge is 1.91. The van der Waals surface area contributed by atoms with Crippen LogP contribution >= 0.6 is 0 Å². The van der Waals surface area contributed by atoms with Crippen LogP contribution in [0.3, 0.4) is 0 Å². The standard InChI is InChI=1S/C12H20N2O/c1-14(2)9-11-15-10-8-13-12-6-4-3-5-7-12/h3-7,13H,8-11H2,1-2H3. The largest absolute Gasteiger partial charge is 0.383 e. The molecule has 1 aromatic rings. The van der Waals surface area contributed by atoms with Crippen molar-refractivity contribution in [2.45, 2.75) is 0 Å². The van der Waals surface area contributed by atoms with E-state index in [0.29, 0.717) is 0 Å². The molecule has 0 saturated heterocycles. The molecule has 15 heavy (non-hydrogen) atoms. The molecule has 0 heterocycles. The van der Waals surface area contributed by atoms with E-state index >= 15 is 0 Å². The number of rotatable bonds is 7. The molecule has 0 aliphatic rings. The molecule has 3 heteroatoms. The summed E-state index contributed by atoms with van der Waals surface area (Å²) in [7, 11) is 4.09. The van der Waals surface area contributed by atoms with E-state index in [1.165, 1.54) is 0 Å². The van der Waals surface area contributed by atoms with Crippen molar-refractivity contribution in [1.29, 1.82) is 0 Å². The van der Waals surface area contributed by atoms with Gasteiger partial charge in [0, 0.05) is 18.8 Å². The summed E-state index contributed by atoms with van der Waals surface area (Å²) in [6.45, 7) is 3.38. The Labute approximate surface area is 92.0 Å². The number of nitrogens with one attached hydrogen (secondary N) is 1. The van der Waals surface area contributed by atoms with E-state index in [4.69, 9.17) is 4.74 Å². The van der Waals surface area contributed by atoms with Gasteiger partial charge in [0.1, 0.15) is 0 Å². The van der Waals surface area contributed by atoms with E-state index in [0.717, 1.165) is 32.0 Å². The number of para-hydroxylation sites is 1. The first-order chi connectivity index (χ1) is 7.29. The monoisotopic (exact) mass is 208 g/mol. The molecule has 0 aliphatic heterocycles. The summed E-state index contributed by atoms with van der Waals surface area (Å²) in [4.78, 5) is 2.12. The lowest BCUT2D eigenvalue weighted by Crippen LogP contribution is -2.19. The van der Waals surface area contributed by atoms with Crippen LogP contribution in [-0.4, -0.2) is 45.3 Å². The van der Waals surface area contributed by atoms with Crippen LogP contribution in [0.5, 0.6) is 0 Å². The Bertz CT molecular complexity index is 249. The van der Waals surface area contributed by atoms with Crippen molar-refractivity contribution in [2.75, 3.05) is 45.7 Å². The number of hydrogen-bond acceptors (Lipinski definition) is 3. The van der Waals surface area contributed by atoms with Gasteiger partial charge in [0.25, 0.3) is 0 Å². The highest BCUT2D eigenvalue weighted by Crippen LogP contribution is 2.03. The van der Waals surface area contributed by atoms with Crippen molar-refractivity contribution in [3.05, 3.63) is 30.3 Å². The predicted molar refractivity (Wildman–Crippen MR) is 64.3 cm³/mol. The van der Waals surface area contributed by atoms with Crippen LogP contribution in [0.1, 0.15) is 0 Å². The molecule has 0 fully saturated rings. The summed E-state index contributed by atoms with van der Waals surface area (Å²) < 4.78 is 5.46. The van der Waals surface area contributed by atoms with Crippen molar-refractivity contribution in [3.8, 4) is 0 Å². The number of likely N-dealkylation sites (N-methyl/N-ethyl adjacent to an activating group) is 1. The van der Waals surface area contributed by atoms with Gasteiger partial charge in [0.2, 0.25) is 0 Å². The molecule has 0 unspecified atom stereocenters. The number of nitrogens with zero attached hydrogens (tertiary/aromatic N) is 1. The molecule has 0 saturated carbocycles. The van der Waals surface area contributed by atoms with E-state index in [-0.39, 0.29) is 0 Å². The van der Waals surface area contributed by atoms with Gasteiger partial charge in [-0.2, -0.15) is 0 Å². The fraction of sp³-hybridized carbons (Fsp3) is 0.500. The van der Waals surface area contributed by atoms with Crippen LogP contribution in [0.4, 0.5) is 5.69 Å². The van der Waals surface area contributed by atoms with E-state index in [1.807, 2.05) is 32.3 Å². The minimum Gasteiger partial charge on any atom is -0.383 e. The fourth-order valence-corrected chi connectivity index (χ4v) is 1.17. The van der Waals surface area contributed by atoms with Gasteiger partial charge >= 0.3 is 0 Å². The zero-order chi connectivity index (χ0) is 10.9. The van der Waals surface area contributed by atoms with Crippen molar-refractivity contribution in [2.24, 2.45) is 0 Å². The Morgan fingerprint density at radius 3 is 2.53 bits per heavy atom. The number of hydrogen-bond donors (Lipinski definition) is 1. The second-order valence-corrected chi connectivity index (χ2v) is 3.71. The van der Waals surface area contributed by atoms with E-state index < -0.39 is 0 Å². The van der Waals surface area contributed by atoms with E-state index in [9.17, 15) is 0 Å². The quantitative estimate of drug-likeness (QED) is 0.690. The van der Waals surface area contributed by atoms with Gasteiger partial charge in [-0.05, 0) is 26.2 Å². The average molecular weight is 208 g/mol. The molecular weight excluding hydrogens is 188 g/mol. The SMILES string of the molecule is CN(C)CCOCCNc1ccccc1. The molecule has 0 radical (unpaired) electrons. The maximum Gasteiger partial charge on any atom is 0.0639 e. The average Bonchev–Trinajstić information content (AvgIpc) is 2.24. The molecule has 1 rings (SSSR count). The normalized spacial score (nSPS) is 10.6. The van der Waals surface area contributed by atoms with Gasteiger partial charge in [-0.1, -0.05) is 18.2 Å². The van der Waals surface area contributed by atoms with E-state index in [2.05, 4.69) is 22.3 Å². The lowest BCUT2D eigenvalue weighted by atomic mass is 10.3. The summed E-state index contributed by atoms with van der Waals surface area (Å²) in [5.41, 5.74) is 1.15. The Hall–Kier alpha value is -1.06. The first-order valence-corrected chi connectivity index (χ1v) is 5.30. The summed E-state index contributed by atoms with van der Waals surface area (Å²) in [5.74, 6) is 0. The Morgan fingerprint density at radius 2 is 1.87 bits per heavy atom. The zero-order valence-electron chi connectivity index (χ0n) is 9.57. The summed E-state index contributed by atoms with van der Waals surface area (Å²) >= 11 is 0. The molecule has 84 valence electrons. The topological polar surface area (TPSA) is 24.5 Å². The molecule has 3 nitrogen and oxygen atoms in total. The molecule has 0 atom stereocenters. The van der Waals surface area contributed by atoms with Gasteiger partial charge < -0.3 is 15.0 Å². The van der Waals surface area contributed by atoms with Gasteiger partial charge in [0.15, 0.2) is 0 Å². The summed E-state index contributed by atoms with van der Waals surface area (Å²) in [6, 6.07) is 10.2. The maximum absolute atomic E-state index is 5.46. The van der Waals surface area contributed by atoms with E-state index in [1.54, 1.807) is 0 Å². The smallest absolute Gasteiger partial charge is 0.0639 e. The molecule has 0 spiro atoms.